The Labute approximate surface area is 217 Å². The van der Waals surface area contributed by atoms with Crippen LogP contribution in [0.1, 0.15) is 42.9 Å². The Morgan fingerprint density at radius 3 is 2.49 bits per heavy atom. The van der Waals surface area contributed by atoms with Crippen molar-refractivity contribution in [2.24, 2.45) is 0 Å². The fourth-order valence-corrected chi connectivity index (χ4v) is 5.68. The molecule has 0 saturated carbocycles. The Bertz CT molecular complexity index is 1520. The van der Waals surface area contributed by atoms with Gasteiger partial charge in [-0.1, -0.05) is 60.7 Å². The number of methoxy groups -OCH3 is 1. The molecule has 1 aliphatic heterocycles. The monoisotopic (exact) mass is 490 g/mol. The minimum absolute atomic E-state index is 0.0433. The molecule has 6 rings (SSSR count). The van der Waals surface area contributed by atoms with Crippen molar-refractivity contribution in [1.82, 2.24) is 0 Å². The summed E-state index contributed by atoms with van der Waals surface area (Å²) >= 11 is 0. The molecule has 0 radical (unpaired) electrons. The molecule has 0 spiro atoms. The number of hydrogen-bond acceptors (Lipinski definition) is 5. The van der Waals surface area contributed by atoms with E-state index >= 15 is 0 Å². The third kappa shape index (κ3) is 4.20. The molecular weight excluding hydrogens is 460 g/mol. The molecule has 4 aromatic carbocycles. The summed E-state index contributed by atoms with van der Waals surface area (Å²) < 4.78 is 11.3. The first-order valence-electron chi connectivity index (χ1n) is 12.8. The molecule has 5 heteroatoms. The van der Waals surface area contributed by atoms with Gasteiger partial charge in [-0.05, 0) is 65.4 Å². The standard InChI is InChI=1S/C32H30N2O3/c1-3-37-29-16-15-21(19-30(29)36-2)22-17-27-31(28(35)18-22)32(34-26-14-7-6-13-25(26)33-27)24-12-8-10-20-9-4-5-11-23(20)24/h4-16,19,22,32-34H,3,17-18H2,1-2H3. The third-order valence-corrected chi connectivity index (χ3v) is 7.40. The molecule has 4 aromatic rings. The van der Waals surface area contributed by atoms with Crippen LogP contribution >= 0.6 is 0 Å². The van der Waals surface area contributed by atoms with Gasteiger partial charge in [-0.25, -0.2) is 0 Å². The molecule has 2 atom stereocenters. The number of Topliss-reactive ketones (excluding diaryl/α,β-unsaturated/α-hetero) is 1. The molecule has 2 unspecified atom stereocenters. The van der Waals surface area contributed by atoms with Gasteiger partial charge in [0.1, 0.15) is 0 Å². The molecular formula is C32H30N2O3. The second-order valence-corrected chi connectivity index (χ2v) is 9.58. The number of ether oxygens (including phenoxy) is 2. The highest BCUT2D eigenvalue weighted by Crippen LogP contribution is 2.46. The molecule has 1 heterocycles. The van der Waals surface area contributed by atoms with Crippen LogP contribution in [0.5, 0.6) is 11.5 Å². The zero-order valence-electron chi connectivity index (χ0n) is 21.1. The average molecular weight is 491 g/mol. The van der Waals surface area contributed by atoms with Crippen LogP contribution < -0.4 is 20.1 Å². The van der Waals surface area contributed by atoms with Crippen LogP contribution in [0.4, 0.5) is 11.4 Å². The summed E-state index contributed by atoms with van der Waals surface area (Å²) in [6, 6.07) is 28.6. The van der Waals surface area contributed by atoms with Crippen molar-refractivity contribution in [1.29, 1.82) is 0 Å². The minimum atomic E-state index is -0.249. The van der Waals surface area contributed by atoms with Crippen molar-refractivity contribution in [3.63, 3.8) is 0 Å². The number of ketones is 1. The summed E-state index contributed by atoms with van der Waals surface area (Å²) in [6.45, 7) is 2.52. The first-order chi connectivity index (χ1) is 18.2. The molecule has 0 saturated heterocycles. The number of carbonyl (C=O) groups is 1. The van der Waals surface area contributed by atoms with Gasteiger partial charge in [-0.3, -0.25) is 4.79 Å². The quantitative estimate of drug-likeness (QED) is 0.309. The SMILES string of the molecule is CCOc1ccc(C2CC(=O)C3=C(C2)Nc2ccccc2NC3c2cccc3ccccc23)cc1OC. The molecule has 0 amide bonds. The van der Waals surface area contributed by atoms with Gasteiger partial charge >= 0.3 is 0 Å². The maximum absolute atomic E-state index is 14.0. The lowest BCUT2D eigenvalue weighted by Crippen LogP contribution is -2.27. The summed E-state index contributed by atoms with van der Waals surface area (Å²) in [4.78, 5) is 14.0. The van der Waals surface area contributed by atoms with Crippen LogP contribution in [-0.4, -0.2) is 19.5 Å². The predicted octanol–water partition coefficient (Wildman–Crippen LogP) is 7.23. The normalized spacial score (nSPS) is 18.8. The van der Waals surface area contributed by atoms with Crippen LogP contribution in [-0.2, 0) is 4.79 Å². The minimum Gasteiger partial charge on any atom is -0.493 e. The molecule has 2 N–H and O–H groups in total. The molecule has 0 bridgehead atoms. The Kier molecular flexibility index (Phi) is 6.05. The van der Waals surface area contributed by atoms with Gasteiger partial charge in [0.15, 0.2) is 17.3 Å². The highest BCUT2D eigenvalue weighted by molar-refractivity contribution is 6.02. The van der Waals surface area contributed by atoms with E-state index in [2.05, 4.69) is 71.3 Å². The number of anilines is 2. The van der Waals surface area contributed by atoms with Gasteiger partial charge in [-0.15, -0.1) is 0 Å². The van der Waals surface area contributed by atoms with Crippen LogP contribution in [0.25, 0.3) is 10.8 Å². The highest BCUT2D eigenvalue weighted by Gasteiger charge is 2.36. The van der Waals surface area contributed by atoms with E-state index < -0.39 is 0 Å². The Hall–Kier alpha value is -4.25. The molecule has 1 aliphatic carbocycles. The Balaban J connectivity index is 1.46. The van der Waals surface area contributed by atoms with E-state index in [1.165, 1.54) is 0 Å². The number of carbonyl (C=O) groups excluding carboxylic acids is 1. The number of rotatable bonds is 5. The lowest BCUT2D eigenvalue weighted by atomic mass is 9.78. The van der Waals surface area contributed by atoms with Crippen molar-refractivity contribution >= 4 is 27.9 Å². The molecule has 0 fully saturated rings. The lowest BCUT2D eigenvalue weighted by Gasteiger charge is -2.30. The van der Waals surface area contributed by atoms with Crippen molar-refractivity contribution < 1.29 is 14.3 Å². The number of nitrogens with one attached hydrogen (secondary N) is 2. The second-order valence-electron chi connectivity index (χ2n) is 9.58. The molecule has 2 aliphatic rings. The summed E-state index contributed by atoms with van der Waals surface area (Å²) in [7, 11) is 1.65. The number of benzene rings is 4. The maximum Gasteiger partial charge on any atom is 0.163 e. The fourth-order valence-electron chi connectivity index (χ4n) is 5.68. The van der Waals surface area contributed by atoms with Crippen LogP contribution in [0.3, 0.4) is 0 Å². The number of para-hydroxylation sites is 2. The maximum atomic E-state index is 14.0. The van der Waals surface area contributed by atoms with E-state index in [0.717, 1.165) is 56.7 Å². The summed E-state index contributed by atoms with van der Waals surface area (Å²) in [5.41, 5.74) is 5.96. The highest BCUT2D eigenvalue weighted by atomic mass is 16.5. The fraction of sp³-hybridized carbons (Fsp3) is 0.219. The van der Waals surface area contributed by atoms with E-state index in [0.29, 0.717) is 18.8 Å². The van der Waals surface area contributed by atoms with Gasteiger partial charge in [-0.2, -0.15) is 0 Å². The summed E-state index contributed by atoms with van der Waals surface area (Å²) in [5.74, 6) is 1.62. The number of fused-ring (bicyclic) bond motifs is 2. The number of hydrogen-bond donors (Lipinski definition) is 2. The van der Waals surface area contributed by atoms with Crippen molar-refractivity contribution in [2.45, 2.75) is 31.7 Å². The van der Waals surface area contributed by atoms with Crippen molar-refractivity contribution in [3.05, 3.63) is 107 Å². The summed E-state index contributed by atoms with van der Waals surface area (Å²) in [5, 5.41) is 9.67. The third-order valence-electron chi connectivity index (χ3n) is 7.40. The topological polar surface area (TPSA) is 59.6 Å². The van der Waals surface area contributed by atoms with Gasteiger partial charge < -0.3 is 20.1 Å². The van der Waals surface area contributed by atoms with E-state index in [1.54, 1.807) is 7.11 Å². The summed E-state index contributed by atoms with van der Waals surface area (Å²) in [6.07, 6.45) is 1.17. The Morgan fingerprint density at radius 1 is 0.865 bits per heavy atom. The first kappa shape index (κ1) is 23.2. The van der Waals surface area contributed by atoms with E-state index in [-0.39, 0.29) is 17.7 Å². The van der Waals surface area contributed by atoms with Gasteiger partial charge in [0, 0.05) is 17.7 Å². The van der Waals surface area contributed by atoms with Gasteiger partial charge in [0.05, 0.1) is 31.1 Å². The van der Waals surface area contributed by atoms with Crippen molar-refractivity contribution in [2.75, 3.05) is 24.4 Å². The molecule has 0 aromatic heterocycles. The molecule has 37 heavy (non-hydrogen) atoms. The molecule has 186 valence electrons. The average Bonchev–Trinajstić information content (AvgIpc) is 3.10. The molecule has 5 nitrogen and oxygen atoms in total. The van der Waals surface area contributed by atoms with E-state index in [9.17, 15) is 4.79 Å². The van der Waals surface area contributed by atoms with E-state index in [1.807, 2.05) is 31.2 Å². The van der Waals surface area contributed by atoms with Crippen molar-refractivity contribution in [3.8, 4) is 11.5 Å². The zero-order chi connectivity index (χ0) is 25.4. The van der Waals surface area contributed by atoms with Crippen LogP contribution in [0, 0.1) is 0 Å². The van der Waals surface area contributed by atoms with E-state index in [4.69, 9.17) is 9.47 Å². The largest absolute Gasteiger partial charge is 0.493 e. The second kappa shape index (κ2) is 9.66. The smallest absolute Gasteiger partial charge is 0.163 e. The predicted molar refractivity (Wildman–Crippen MR) is 149 cm³/mol. The van der Waals surface area contributed by atoms with Gasteiger partial charge in [0.25, 0.3) is 0 Å². The Morgan fingerprint density at radius 2 is 1.65 bits per heavy atom. The van der Waals surface area contributed by atoms with Gasteiger partial charge in [0.2, 0.25) is 0 Å². The van der Waals surface area contributed by atoms with Crippen LogP contribution in [0.15, 0.2) is 96.2 Å². The zero-order valence-corrected chi connectivity index (χ0v) is 21.1. The lowest BCUT2D eigenvalue weighted by molar-refractivity contribution is -0.116. The number of allylic oxidation sites excluding steroid dienone is 1. The van der Waals surface area contributed by atoms with Crippen LogP contribution in [0.2, 0.25) is 0 Å². The first-order valence-corrected chi connectivity index (χ1v) is 12.8.